The zero-order valence-corrected chi connectivity index (χ0v) is 6.27. The first kappa shape index (κ1) is 8.91. The summed E-state index contributed by atoms with van der Waals surface area (Å²) in [6, 6.07) is 0. The van der Waals surface area contributed by atoms with E-state index >= 15 is 0 Å². The first-order chi connectivity index (χ1) is 5.95. The van der Waals surface area contributed by atoms with E-state index in [1.165, 1.54) is 0 Å². The lowest BCUT2D eigenvalue weighted by Gasteiger charge is -1.88. The monoisotopic (exact) mass is 186 g/mol. The van der Waals surface area contributed by atoms with Gasteiger partial charge < -0.3 is 26.1 Å². The number of carboxylic acid groups (broad SMARTS) is 2. The number of anilines is 2. The fourth-order valence-corrected chi connectivity index (χ4v) is 0.774. The molecule has 1 aromatic rings. The fraction of sp³-hybridized carbons (Fsp3) is 0. The molecule has 0 atom stereocenters. The molecular formula is C6H6N2O5. The average molecular weight is 186 g/mol. The van der Waals surface area contributed by atoms with Gasteiger partial charge in [-0.1, -0.05) is 0 Å². The van der Waals surface area contributed by atoms with Gasteiger partial charge >= 0.3 is 11.9 Å². The second-order valence-electron chi connectivity index (χ2n) is 2.20. The molecule has 0 aliphatic heterocycles. The lowest BCUT2D eigenvalue weighted by molar-refractivity contribution is 0.0633. The third-order valence-corrected chi connectivity index (χ3v) is 1.37. The topological polar surface area (TPSA) is 140 Å². The van der Waals surface area contributed by atoms with Crippen molar-refractivity contribution in [1.82, 2.24) is 0 Å². The molecule has 7 nitrogen and oxygen atoms in total. The Hall–Kier alpha value is -2.18. The van der Waals surface area contributed by atoms with E-state index in [0.29, 0.717) is 0 Å². The quantitative estimate of drug-likeness (QED) is 0.502. The third-order valence-electron chi connectivity index (χ3n) is 1.37. The van der Waals surface area contributed by atoms with Gasteiger partial charge in [-0.15, -0.1) is 0 Å². The number of aromatic carboxylic acids is 2. The summed E-state index contributed by atoms with van der Waals surface area (Å²) in [5.74, 6) is -4.24. The highest BCUT2D eigenvalue weighted by atomic mass is 16.4. The van der Waals surface area contributed by atoms with Crippen LogP contribution in [0.3, 0.4) is 0 Å². The van der Waals surface area contributed by atoms with Crippen molar-refractivity contribution in [3.05, 3.63) is 11.5 Å². The molecule has 7 heteroatoms. The predicted octanol–water partition coefficient (Wildman–Crippen LogP) is -0.160. The van der Waals surface area contributed by atoms with Crippen LogP contribution in [-0.2, 0) is 0 Å². The molecule has 1 rings (SSSR count). The van der Waals surface area contributed by atoms with Gasteiger partial charge in [0.1, 0.15) is 11.4 Å². The molecule has 0 aromatic carbocycles. The number of hydrogen-bond donors (Lipinski definition) is 4. The number of carbonyl (C=O) groups is 2. The maximum atomic E-state index is 10.4. The Morgan fingerprint density at radius 1 is 1.00 bits per heavy atom. The highest BCUT2D eigenvalue weighted by molar-refractivity contribution is 6.01. The Morgan fingerprint density at radius 2 is 1.31 bits per heavy atom. The number of hydrogen-bond acceptors (Lipinski definition) is 5. The molecule has 0 amide bonds. The van der Waals surface area contributed by atoms with Gasteiger partial charge in [0, 0.05) is 0 Å². The van der Waals surface area contributed by atoms with Crippen molar-refractivity contribution in [3.8, 4) is 0 Å². The average Bonchev–Trinajstić information content (AvgIpc) is 2.29. The van der Waals surface area contributed by atoms with E-state index in [2.05, 4.69) is 4.42 Å². The summed E-state index contributed by atoms with van der Waals surface area (Å²) < 4.78 is 4.42. The fourth-order valence-electron chi connectivity index (χ4n) is 0.774. The van der Waals surface area contributed by atoms with Gasteiger partial charge in [-0.2, -0.15) is 0 Å². The molecule has 0 spiro atoms. The first-order valence-electron chi connectivity index (χ1n) is 3.09. The Bertz CT molecular complexity index is 346. The van der Waals surface area contributed by atoms with Gasteiger partial charge in [-0.25, -0.2) is 9.59 Å². The lowest BCUT2D eigenvalue weighted by Crippen LogP contribution is -2.01. The minimum Gasteiger partial charge on any atom is -0.475 e. The van der Waals surface area contributed by atoms with Crippen molar-refractivity contribution in [1.29, 1.82) is 0 Å². The largest absolute Gasteiger partial charge is 0.475 e. The second kappa shape index (κ2) is 2.70. The summed E-state index contributed by atoms with van der Waals surface area (Å²) in [5.41, 5.74) is 9.62. The number of furan rings is 1. The summed E-state index contributed by atoms with van der Waals surface area (Å²) in [7, 11) is 0. The van der Waals surface area contributed by atoms with E-state index in [0.717, 1.165) is 0 Å². The zero-order valence-electron chi connectivity index (χ0n) is 6.27. The molecule has 0 unspecified atom stereocenters. The van der Waals surface area contributed by atoms with Crippen molar-refractivity contribution >= 4 is 23.3 Å². The molecule has 0 fully saturated rings. The second-order valence-corrected chi connectivity index (χ2v) is 2.20. The smallest absolute Gasteiger partial charge is 0.374 e. The Balaban J connectivity index is 3.36. The molecule has 0 saturated heterocycles. The first-order valence-corrected chi connectivity index (χ1v) is 3.09. The van der Waals surface area contributed by atoms with Crippen molar-refractivity contribution in [2.75, 3.05) is 11.5 Å². The molecule has 0 saturated carbocycles. The van der Waals surface area contributed by atoms with Crippen LogP contribution in [0.1, 0.15) is 21.1 Å². The normalized spacial score (nSPS) is 9.85. The highest BCUT2D eigenvalue weighted by Gasteiger charge is 2.24. The van der Waals surface area contributed by atoms with Crippen molar-refractivity contribution in [2.45, 2.75) is 0 Å². The molecule has 70 valence electrons. The zero-order chi connectivity index (χ0) is 10.2. The van der Waals surface area contributed by atoms with Crippen LogP contribution in [-0.4, -0.2) is 22.2 Å². The minimum atomic E-state index is -1.46. The van der Waals surface area contributed by atoms with E-state index in [-0.39, 0.29) is 11.4 Å². The maximum absolute atomic E-state index is 10.4. The molecule has 0 radical (unpaired) electrons. The van der Waals surface area contributed by atoms with E-state index < -0.39 is 23.5 Å². The molecule has 6 N–H and O–H groups in total. The lowest BCUT2D eigenvalue weighted by atomic mass is 10.3. The Morgan fingerprint density at radius 3 is 1.46 bits per heavy atom. The van der Waals surface area contributed by atoms with Gasteiger partial charge in [0.05, 0.1) is 0 Å². The molecule has 13 heavy (non-hydrogen) atoms. The van der Waals surface area contributed by atoms with E-state index in [1.807, 2.05) is 0 Å². The van der Waals surface area contributed by atoms with Crippen LogP contribution in [0.15, 0.2) is 4.42 Å². The summed E-state index contributed by atoms with van der Waals surface area (Å²) in [5, 5.41) is 16.9. The SMILES string of the molecule is Nc1c(C(=O)O)oc(C(=O)O)c1N. The van der Waals surface area contributed by atoms with E-state index in [1.54, 1.807) is 0 Å². The number of carboxylic acids is 2. The van der Waals surface area contributed by atoms with Crippen LogP contribution < -0.4 is 11.5 Å². The molecule has 1 aromatic heterocycles. The van der Waals surface area contributed by atoms with Crippen LogP contribution in [0.5, 0.6) is 0 Å². The highest BCUT2D eigenvalue weighted by Crippen LogP contribution is 2.27. The van der Waals surface area contributed by atoms with Gasteiger partial charge in [0.25, 0.3) is 0 Å². The van der Waals surface area contributed by atoms with Gasteiger partial charge in [0.15, 0.2) is 0 Å². The van der Waals surface area contributed by atoms with Crippen molar-refractivity contribution in [3.63, 3.8) is 0 Å². The summed E-state index contributed by atoms with van der Waals surface area (Å²) in [6.07, 6.45) is 0. The van der Waals surface area contributed by atoms with Crippen LogP contribution in [0.25, 0.3) is 0 Å². The molecule has 0 aliphatic rings. The molecular weight excluding hydrogens is 180 g/mol. The van der Waals surface area contributed by atoms with Crippen LogP contribution >= 0.6 is 0 Å². The number of nitrogen functional groups attached to an aromatic ring is 2. The number of nitrogens with two attached hydrogens (primary N) is 2. The maximum Gasteiger partial charge on any atom is 0.374 e. The van der Waals surface area contributed by atoms with Gasteiger partial charge in [-0.3, -0.25) is 0 Å². The summed E-state index contributed by atoms with van der Waals surface area (Å²) >= 11 is 0. The molecule has 0 aliphatic carbocycles. The predicted molar refractivity (Wildman–Crippen MR) is 41.5 cm³/mol. The molecule has 0 bridgehead atoms. The van der Waals surface area contributed by atoms with E-state index in [9.17, 15) is 9.59 Å². The van der Waals surface area contributed by atoms with E-state index in [4.69, 9.17) is 21.7 Å². The Kier molecular flexibility index (Phi) is 1.85. The Labute approximate surface area is 71.5 Å². The molecule has 1 heterocycles. The van der Waals surface area contributed by atoms with Crippen LogP contribution in [0, 0.1) is 0 Å². The van der Waals surface area contributed by atoms with Crippen molar-refractivity contribution < 1.29 is 24.2 Å². The summed E-state index contributed by atoms with van der Waals surface area (Å²) in [6.45, 7) is 0. The standard InChI is InChI=1S/C6H6N2O5/c7-1-2(8)4(6(11)12)13-3(1)5(9)10/h7-8H2,(H,9,10)(H,11,12). The number of rotatable bonds is 2. The van der Waals surface area contributed by atoms with Gasteiger partial charge in [-0.05, 0) is 0 Å². The third kappa shape index (κ3) is 1.26. The summed E-state index contributed by atoms with van der Waals surface area (Å²) in [4.78, 5) is 20.8. The van der Waals surface area contributed by atoms with Crippen LogP contribution in [0.2, 0.25) is 0 Å². The van der Waals surface area contributed by atoms with Crippen molar-refractivity contribution in [2.24, 2.45) is 0 Å². The van der Waals surface area contributed by atoms with Crippen LogP contribution in [0.4, 0.5) is 11.4 Å². The van der Waals surface area contributed by atoms with Gasteiger partial charge in [0.2, 0.25) is 11.5 Å². The minimum absolute atomic E-state index is 0.370.